The smallest absolute Gasteiger partial charge is 0.243 e. The Morgan fingerprint density at radius 1 is 1.14 bits per heavy atom. The van der Waals surface area contributed by atoms with Gasteiger partial charge in [-0.2, -0.15) is 16.1 Å². The van der Waals surface area contributed by atoms with Crippen LogP contribution >= 0.6 is 23.4 Å². The lowest BCUT2D eigenvalue weighted by Crippen LogP contribution is -2.39. The molecular weight excluding hydrogens is 420 g/mol. The Hall–Kier alpha value is -1.74. The fraction of sp³-hybridized carbons (Fsp3) is 0.316. The van der Waals surface area contributed by atoms with E-state index >= 15 is 0 Å². The van der Waals surface area contributed by atoms with Gasteiger partial charge in [0.15, 0.2) is 0 Å². The zero-order chi connectivity index (χ0) is 20.6. The molecule has 0 bridgehead atoms. The predicted molar refractivity (Wildman–Crippen MR) is 113 cm³/mol. The van der Waals surface area contributed by atoms with Gasteiger partial charge in [0.25, 0.3) is 0 Å². The van der Waals surface area contributed by atoms with Crippen molar-refractivity contribution in [3.05, 3.63) is 59.1 Å². The first kappa shape index (κ1) is 22.5. The number of benzene rings is 2. The minimum atomic E-state index is -3.73. The highest BCUT2D eigenvalue weighted by Crippen LogP contribution is 2.18. The Morgan fingerprint density at radius 2 is 1.79 bits per heavy atom. The van der Waals surface area contributed by atoms with E-state index in [1.54, 1.807) is 23.9 Å². The maximum atomic E-state index is 12.5. The van der Waals surface area contributed by atoms with Gasteiger partial charge in [-0.1, -0.05) is 23.7 Å². The van der Waals surface area contributed by atoms with Crippen LogP contribution in [0.15, 0.2) is 53.4 Å². The molecule has 6 nitrogen and oxygen atoms in total. The van der Waals surface area contributed by atoms with Gasteiger partial charge in [-0.25, -0.2) is 8.42 Å². The molecule has 28 heavy (non-hydrogen) atoms. The number of carbonyl (C=O) groups is 1. The Labute approximate surface area is 175 Å². The Kier molecular flexibility index (Phi) is 8.62. The van der Waals surface area contributed by atoms with Gasteiger partial charge in [0.05, 0.1) is 18.6 Å². The molecular formula is C19H23ClN2O4S2. The number of nitrogens with zero attached hydrogens (tertiary/aromatic N) is 1. The second kappa shape index (κ2) is 10.7. The molecule has 0 aliphatic heterocycles. The van der Waals surface area contributed by atoms with Gasteiger partial charge in [0.1, 0.15) is 5.75 Å². The van der Waals surface area contributed by atoms with Gasteiger partial charge in [-0.3, -0.25) is 4.79 Å². The van der Waals surface area contributed by atoms with Crippen LogP contribution in [0.25, 0.3) is 0 Å². The Bertz CT molecular complexity index is 872. The molecule has 9 heteroatoms. The highest BCUT2D eigenvalue weighted by Gasteiger charge is 2.22. The van der Waals surface area contributed by atoms with Crippen LogP contribution in [0.2, 0.25) is 5.02 Å². The zero-order valence-electron chi connectivity index (χ0n) is 15.7. The third kappa shape index (κ3) is 6.70. The SMILES string of the molecule is COc1ccc(S(=O)(=O)N(C)CC(=O)NCCSCc2ccc(Cl)cc2)cc1. The third-order valence-corrected chi connectivity index (χ3v) is 6.98. The van der Waals surface area contributed by atoms with Crippen LogP contribution in [0, 0.1) is 0 Å². The minimum Gasteiger partial charge on any atom is -0.497 e. The van der Waals surface area contributed by atoms with Gasteiger partial charge in [0.2, 0.25) is 15.9 Å². The number of methoxy groups -OCH3 is 1. The molecule has 0 aromatic heterocycles. The highest BCUT2D eigenvalue weighted by molar-refractivity contribution is 7.98. The number of ether oxygens (including phenoxy) is 1. The van der Waals surface area contributed by atoms with Crippen LogP contribution in [0.1, 0.15) is 5.56 Å². The molecule has 152 valence electrons. The van der Waals surface area contributed by atoms with Gasteiger partial charge in [-0.15, -0.1) is 0 Å². The first-order valence-electron chi connectivity index (χ1n) is 8.52. The van der Waals surface area contributed by atoms with Crippen molar-refractivity contribution in [1.29, 1.82) is 0 Å². The molecule has 2 aromatic carbocycles. The van der Waals surface area contributed by atoms with E-state index < -0.39 is 10.0 Å². The van der Waals surface area contributed by atoms with Gasteiger partial charge < -0.3 is 10.1 Å². The second-order valence-corrected chi connectivity index (χ2v) is 9.55. The molecule has 0 heterocycles. The van der Waals surface area contributed by atoms with Crippen LogP contribution in [-0.4, -0.2) is 51.6 Å². The normalized spacial score (nSPS) is 11.4. The van der Waals surface area contributed by atoms with Crippen LogP contribution in [0.3, 0.4) is 0 Å². The summed E-state index contributed by atoms with van der Waals surface area (Å²) in [6, 6.07) is 13.7. The summed E-state index contributed by atoms with van der Waals surface area (Å²) < 4.78 is 31.1. The molecule has 0 spiro atoms. The van der Waals surface area contributed by atoms with Crippen LogP contribution in [0.4, 0.5) is 0 Å². The van der Waals surface area contributed by atoms with Crippen LogP contribution < -0.4 is 10.1 Å². The predicted octanol–water partition coefficient (Wildman–Crippen LogP) is 3.02. The summed E-state index contributed by atoms with van der Waals surface area (Å²) in [5.74, 6) is 1.77. The number of hydrogen-bond donors (Lipinski definition) is 1. The molecule has 1 N–H and O–H groups in total. The van der Waals surface area contributed by atoms with E-state index in [0.717, 1.165) is 21.4 Å². The standard InChI is InChI=1S/C19H23ClN2O4S2/c1-22(28(24,25)18-9-7-17(26-2)8-10-18)13-19(23)21-11-12-27-14-15-3-5-16(20)6-4-15/h3-10H,11-14H2,1-2H3,(H,21,23). The molecule has 0 aliphatic rings. The summed E-state index contributed by atoms with van der Waals surface area (Å²) in [6.07, 6.45) is 0. The van der Waals surface area contributed by atoms with Crippen molar-refractivity contribution >= 4 is 39.3 Å². The Morgan fingerprint density at radius 3 is 2.39 bits per heavy atom. The summed E-state index contributed by atoms with van der Waals surface area (Å²) in [6.45, 7) is 0.226. The molecule has 0 unspecified atom stereocenters. The molecule has 0 radical (unpaired) electrons. The van der Waals surface area contributed by atoms with E-state index in [1.165, 1.54) is 26.3 Å². The highest BCUT2D eigenvalue weighted by atomic mass is 35.5. The summed E-state index contributed by atoms with van der Waals surface area (Å²) in [5, 5.41) is 3.45. The summed E-state index contributed by atoms with van der Waals surface area (Å²) in [7, 11) is -0.842. The van der Waals surface area contributed by atoms with E-state index in [0.29, 0.717) is 17.3 Å². The second-order valence-electron chi connectivity index (χ2n) is 5.97. The van der Waals surface area contributed by atoms with Crippen molar-refractivity contribution in [2.75, 3.05) is 33.0 Å². The third-order valence-electron chi connectivity index (χ3n) is 3.88. The van der Waals surface area contributed by atoms with Crippen molar-refractivity contribution in [1.82, 2.24) is 9.62 Å². The minimum absolute atomic E-state index is 0.113. The first-order chi connectivity index (χ1) is 13.3. The molecule has 0 fully saturated rings. The lowest BCUT2D eigenvalue weighted by atomic mass is 10.2. The lowest BCUT2D eigenvalue weighted by molar-refractivity contribution is -0.121. The number of carbonyl (C=O) groups excluding carboxylic acids is 1. The van der Waals surface area contributed by atoms with Gasteiger partial charge in [0, 0.05) is 30.1 Å². The fourth-order valence-corrected chi connectivity index (χ4v) is 4.38. The Balaban J connectivity index is 1.74. The number of hydrogen-bond acceptors (Lipinski definition) is 5. The number of halogens is 1. The van der Waals surface area contributed by atoms with E-state index in [1.807, 2.05) is 24.3 Å². The van der Waals surface area contributed by atoms with Crippen molar-refractivity contribution in [2.45, 2.75) is 10.6 Å². The number of sulfonamides is 1. The maximum Gasteiger partial charge on any atom is 0.243 e. The molecule has 1 amide bonds. The topological polar surface area (TPSA) is 75.7 Å². The van der Waals surface area contributed by atoms with Gasteiger partial charge in [-0.05, 0) is 42.0 Å². The molecule has 0 saturated heterocycles. The summed E-state index contributed by atoms with van der Waals surface area (Å²) in [4.78, 5) is 12.2. The van der Waals surface area contributed by atoms with E-state index in [-0.39, 0.29) is 17.3 Å². The first-order valence-corrected chi connectivity index (χ1v) is 11.5. The van der Waals surface area contributed by atoms with E-state index in [4.69, 9.17) is 16.3 Å². The van der Waals surface area contributed by atoms with Crippen molar-refractivity contribution in [3.63, 3.8) is 0 Å². The van der Waals surface area contributed by atoms with Crippen molar-refractivity contribution in [3.8, 4) is 5.75 Å². The van der Waals surface area contributed by atoms with Gasteiger partial charge >= 0.3 is 0 Å². The van der Waals surface area contributed by atoms with E-state index in [2.05, 4.69) is 5.32 Å². The quantitative estimate of drug-likeness (QED) is 0.572. The average Bonchev–Trinajstić information content (AvgIpc) is 2.69. The zero-order valence-corrected chi connectivity index (χ0v) is 18.1. The molecule has 2 rings (SSSR count). The van der Waals surface area contributed by atoms with Crippen molar-refractivity contribution in [2.24, 2.45) is 0 Å². The summed E-state index contributed by atoms with van der Waals surface area (Å²) in [5.41, 5.74) is 1.16. The number of thioether (sulfide) groups is 1. The number of nitrogens with one attached hydrogen (secondary N) is 1. The molecule has 0 saturated carbocycles. The summed E-state index contributed by atoms with van der Waals surface area (Å²) >= 11 is 7.53. The number of likely N-dealkylation sites (N-methyl/N-ethyl adjacent to an activating group) is 1. The molecule has 0 aliphatic carbocycles. The fourth-order valence-electron chi connectivity index (χ4n) is 2.30. The maximum absolute atomic E-state index is 12.5. The largest absolute Gasteiger partial charge is 0.497 e. The van der Waals surface area contributed by atoms with Crippen molar-refractivity contribution < 1.29 is 17.9 Å². The monoisotopic (exact) mass is 442 g/mol. The average molecular weight is 443 g/mol. The van der Waals surface area contributed by atoms with E-state index in [9.17, 15) is 13.2 Å². The molecule has 0 atom stereocenters. The van der Waals surface area contributed by atoms with Crippen LogP contribution in [0.5, 0.6) is 5.75 Å². The number of amides is 1. The van der Waals surface area contributed by atoms with Crippen LogP contribution in [-0.2, 0) is 20.6 Å². The number of rotatable bonds is 10. The molecule has 2 aromatic rings. The lowest BCUT2D eigenvalue weighted by Gasteiger charge is -2.17.